The summed E-state index contributed by atoms with van der Waals surface area (Å²) in [5, 5.41) is 4.48. The number of nitrogens with zero attached hydrogens (tertiary/aromatic N) is 4. The second kappa shape index (κ2) is 7.30. The van der Waals surface area contributed by atoms with Gasteiger partial charge in [0, 0.05) is 43.5 Å². The summed E-state index contributed by atoms with van der Waals surface area (Å²) in [6.07, 6.45) is 7.18. The molecule has 2 fully saturated rings. The first-order valence-corrected chi connectivity index (χ1v) is 9.73. The summed E-state index contributed by atoms with van der Waals surface area (Å²) in [7, 11) is 2.05. The average Bonchev–Trinajstić information content (AvgIpc) is 3.35. The van der Waals surface area contributed by atoms with Gasteiger partial charge in [-0.25, -0.2) is 0 Å². The Morgan fingerprint density at radius 3 is 2.72 bits per heavy atom. The van der Waals surface area contributed by atoms with Gasteiger partial charge in [-0.2, -0.15) is 5.10 Å². The molecular weight excluding hydrogens is 308 g/mol. The molecule has 2 aliphatic rings. The molecule has 0 spiro atoms. The molecule has 4 nitrogen and oxygen atoms in total. The third-order valence-corrected chi connectivity index (χ3v) is 6.20. The van der Waals surface area contributed by atoms with Gasteiger partial charge in [0.1, 0.15) is 0 Å². The second-order valence-electron chi connectivity index (χ2n) is 7.68. The highest BCUT2D eigenvalue weighted by molar-refractivity contribution is 5.22. The van der Waals surface area contributed by atoms with Crippen LogP contribution < -0.4 is 0 Å². The molecule has 4 heteroatoms. The van der Waals surface area contributed by atoms with Crippen LogP contribution >= 0.6 is 0 Å². The molecule has 2 atom stereocenters. The van der Waals surface area contributed by atoms with Crippen molar-refractivity contribution in [1.82, 2.24) is 19.6 Å². The molecule has 25 heavy (non-hydrogen) atoms. The van der Waals surface area contributed by atoms with Crippen molar-refractivity contribution in [2.24, 2.45) is 7.05 Å². The number of benzene rings is 1. The molecular formula is C21H30N4. The highest BCUT2D eigenvalue weighted by Gasteiger charge is 2.36. The molecule has 0 amide bonds. The molecule has 0 N–H and O–H groups in total. The van der Waals surface area contributed by atoms with Crippen LogP contribution in [0.15, 0.2) is 36.5 Å². The van der Waals surface area contributed by atoms with E-state index in [9.17, 15) is 0 Å². The molecule has 0 bridgehead atoms. The maximum absolute atomic E-state index is 4.48. The number of aryl methyl sites for hydroxylation is 1. The van der Waals surface area contributed by atoms with Crippen LogP contribution in [0.3, 0.4) is 0 Å². The quantitative estimate of drug-likeness (QED) is 0.837. The Bertz CT molecular complexity index is 693. The van der Waals surface area contributed by atoms with Crippen molar-refractivity contribution in [3.63, 3.8) is 0 Å². The fourth-order valence-electron chi connectivity index (χ4n) is 4.62. The molecule has 1 aromatic carbocycles. The smallest absolute Gasteiger partial charge is 0.0540 e. The third kappa shape index (κ3) is 3.51. The van der Waals surface area contributed by atoms with Crippen molar-refractivity contribution in [3.8, 4) is 0 Å². The number of hydrogen-bond acceptors (Lipinski definition) is 3. The van der Waals surface area contributed by atoms with Crippen molar-refractivity contribution < 1.29 is 0 Å². The minimum Gasteiger partial charge on any atom is -0.301 e. The average molecular weight is 338 g/mol. The maximum atomic E-state index is 4.48. The number of likely N-dealkylation sites (tertiary alicyclic amines) is 2. The van der Waals surface area contributed by atoms with E-state index in [2.05, 4.69) is 65.4 Å². The van der Waals surface area contributed by atoms with Crippen LogP contribution in [0.5, 0.6) is 0 Å². The lowest BCUT2D eigenvalue weighted by Gasteiger charge is -2.30. The van der Waals surface area contributed by atoms with Crippen molar-refractivity contribution in [1.29, 1.82) is 0 Å². The Morgan fingerprint density at radius 2 is 1.96 bits per heavy atom. The zero-order valence-corrected chi connectivity index (χ0v) is 15.6. The minimum absolute atomic E-state index is 0.577. The van der Waals surface area contributed by atoms with Gasteiger partial charge in [0.15, 0.2) is 0 Å². The van der Waals surface area contributed by atoms with Crippen LogP contribution in [-0.2, 0) is 13.5 Å². The number of rotatable bonds is 5. The highest BCUT2D eigenvalue weighted by atomic mass is 15.3. The van der Waals surface area contributed by atoms with Crippen molar-refractivity contribution in [2.75, 3.05) is 26.2 Å². The fraction of sp³-hybridized carbons (Fsp3) is 0.571. The highest BCUT2D eigenvalue weighted by Crippen LogP contribution is 2.37. The number of aromatic nitrogens is 2. The lowest BCUT2D eigenvalue weighted by atomic mass is 10.0. The standard InChI is InChI=1S/C21H30N4/c1-17-20(15-22-23(17)2)21-9-6-12-25(21)19-11-14-24(16-19)13-10-18-7-4-3-5-8-18/h3-5,7-8,15,19,21H,6,9-14,16H2,1-2H3/t19-,21-/m0/s1. The van der Waals surface area contributed by atoms with Crippen LogP contribution in [-0.4, -0.2) is 51.8 Å². The molecule has 2 aliphatic heterocycles. The predicted octanol–water partition coefficient (Wildman–Crippen LogP) is 3.18. The van der Waals surface area contributed by atoms with E-state index in [-0.39, 0.29) is 0 Å². The maximum Gasteiger partial charge on any atom is 0.0540 e. The van der Waals surface area contributed by atoms with E-state index in [0.29, 0.717) is 12.1 Å². The first-order valence-electron chi connectivity index (χ1n) is 9.73. The van der Waals surface area contributed by atoms with E-state index in [1.165, 1.54) is 68.7 Å². The molecule has 2 saturated heterocycles. The largest absolute Gasteiger partial charge is 0.301 e. The Labute approximate surface area is 151 Å². The first-order chi connectivity index (χ1) is 12.2. The molecule has 1 aromatic heterocycles. The summed E-state index contributed by atoms with van der Waals surface area (Å²) in [4.78, 5) is 5.43. The van der Waals surface area contributed by atoms with Crippen molar-refractivity contribution >= 4 is 0 Å². The molecule has 134 valence electrons. The molecule has 0 radical (unpaired) electrons. The molecule has 3 heterocycles. The van der Waals surface area contributed by atoms with Crippen LogP contribution in [0.25, 0.3) is 0 Å². The summed E-state index contributed by atoms with van der Waals surface area (Å²) in [6.45, 7) is 7.11. The Balaban J connectivity index is 1.37. The second-order valence-corrected chi connectivity index (χ2v) is 7.68. The van der Waals surface area contributed by atoms with Gasteiger partial charge in [0.25, 0.3) is 0 Å². The normalized spacial score (nSPS) is 25.0. The molecule has 0 aliphatic carbocycles. The van der Waals surface area contributed by atoms with Crippen LogP contribution in [0.4, 0.5) is 0 Å². The third-order valence-electron chi connectivity index (χ3n) is 6.20. The van der Waals surface area contributed by atoms with Gasteiger partial charge in [0.2, 0.25) is 0 Å². The van der Waals surface area contributed by atoms with Gasteiger partial charge in [-0.15, -0.1) is 0 Å². The van der Waals surface area contributed by atoms with Gasteiger partial charge < -0.3 is 4.90 Å². The van der Waals surface area contributed by atoms with Gasteiger partial charge in [-0.3, -0.25) is 9.58 Å². The van der Waals surface area contributed by atoms with Gasteiger partial charge >= 0.3 is 0 Å². The molecule has 0 saturated carbocycles. The SMILES string of the molecule is Cc1c([C@@H]2CCCN2[C@H]2CCN(CCc3ccccc3)C2)cnn1C. The van der Waals surface area contributed by atoms with E-state index in [4.69, 9.17) is 0 Å². The van der Waals surface area contributed by atoms with Crippen molar-refractivity contribution in [2.45, 2.75) is 44.7 Å². The summed E-state index contributed by atoms with van der Waals surface area (Å²) < 4.78 is 2.02. The van der Waals surface area contributed by atoms with Gasteiger partial charge in [-0.05, 0) is 51.3 Å². The Kier molecular flexibility index (Phi) is 4.91. The van der Waals surface area contributed by atoms with Gasteiger partial charge in [0.05, 0.1) is 6.20 Å². The lowest BCUT2D eigenvalue weighted by Crippen LogP contribution is -2.37. The van der Waals surface area contributed by atoms with E-state index in [1.807, 2.05) is 4.68 Å². The number of hydrogen-bond donors (Lipinski definition) is 0. The molecule has 2 aromatic rings. The zero-order chi connectivity index (χ0) is 17.2. The predicted molar refractivity (Wildman–Crippen MR) is 102 cm³/mol. The first kappa shape index (κ1) is 16.8. The zero-order valence-electron chi connectivity index (χ0n) is 15.6. The van der Waals surface area contributed by atoms with Crippen molar-refractivity contribution in [3.05, 3.63) is 53.3 Å². The Morgan fingerprint density at radius 1 is 1.12 bits per heavy atom. The monoisotopic (exact) mass is 338 g/mol. The minimum atomic E-state index is 0.577. The summed E-state index contributed by atoms with van der Waals surface area (Å²) >= 11 is 0. The Hall–Kier alpha value is -1.65. The van der Waals surface area contributed by atoms with E-state index < -0.39 is 0 Å². The van der Waals surface area contributed by atoms with E-state index in [1.54, 1.807) is 0 Å². The molecule has 4 rings (SSSR count). The topological polar surface area (TPSA) is 24.3 Å². The van der Waals surface area contributed by atoms with Crippen LogP contribution in [0.2, 0.25) is 0 Å². The molecule has 0 unspecified atom stereocenters. The fourth-order valence-corrected chi connectivity index (χ4v) is 4.62. The van der Waals surface area contributed by atoms with E-state index in [0.717, 1.165) is 0 Å². The van der Waals surface area contributed by atoms with Crippen LogP contribution in [0.1, 0.15) is 42.1 Å². The van der Waals surface area contributed by atoms with Gasteiger partial charge in [-0.1, -0.05) is 30.3 Å². The van der Waals surface area contributed by atoms with E-state index >= 15 is 0 Å². The summed E-state index contributed by atoms with van der Waals surface area (Å²) in [5.41, 5.74) is 4.23. The summed E-state index contributed by atoms with van der Waals surface area (Å²) in [5.74, 6) is 0. The van der Waals surface area contributed by atoms with Crippen LogP contribution in [0, 0.1) is 6.92 Å². The summed E-state index contributed by atoms with van der Waals surface area (Å²) in [6, 6.07) is 12.2. The lowest BCUT2D eigenvalue weighted by molar-refractivity contribution is 0.177.